The van der Waals surface area contributed by atoms with Gasteiger partial charge in [-0.25, -0.2) is 0 Å². The van der Waals surface area contributed by atoms with Crippen molar-refractivity contribution in [3.8, 4) is 0 Å². The lowest BCUT2D eigenvalue weighted by atomic mass is 9.96. The average Bonchev–Trinajstić information content (AvgIpc) is 2.40. The van der Waals surface area contributed by atoms with Crippen LogP contribution in [0.1, 0.15) is 24.2 Å². The molecule has 1 aromatic carbocycles. The molecule has 1 aromatic rings. The summed E-state index contributed by atoms with van der Waals surface area (Å²) in [5, 5.41) is 0. The molecule has 0 N–H and O–H groups in total. The van der Waals surface area contributed by atoms with Crippen LogP contribution < -0.4 is 0 Å². The van der Waals surface area contributed by atoms with E-state index in [1.165, 1.54) is 0 Å². The molecule has 0 aromatic heterocycles. The van der Waals surface area contributed by atoms with Crippen molar-refractivity contribution in [2.45, 2.75) is 19.4 Å². The van der Waals surface area contributed by atoms with Gasteiger partial charge in [-0.2, -0.15) is 0 Å². The summed E-state index contributed by atoms with van der Waals surface area (Å²) in [6.45, 7) is 5.40. The third-order valence-electron chi connectivity index (χ3n) is 3.87. The first-order valence-electron chi connectivity index (χ1n) is 6.62. The Morgan fingerprint density at radius 2 is 1.85 bits per heavy atom. The van der Waals surface area contributed by atoms with Gasteiger partial charge < -0.3 is 4.90 Å². The number of hydrogen-bond acceptors (Lipinski definition) is 3. The summed E-state index contributed by atoms with van der Waals surface area (Å²) in [5.74, 6) is 0.107. The van der Waals surface area contributed by atoms with Gasteiger partial charge in [-0.3, -0.25) is 14.5 Å². The zero-order chi connectivity index (χ0) is 14.9. The van der Waals surface area contributed by atoms with E-state index in [0.29, 0.717) is 12.1 Å². The molecule has 1 aliphatic rings. The van der Waals surface area contributed by atoms with E-state index >= 15 is 0 Å². The van der Waals surface area contributed by atoms with Crippen molar-refractivity contribution in [2.24, 2.45) is 0 Å². The quantitative estimate of drug-likeness (QED) is 0.793. The van der Waals surface area contributed by atoms with Gasteiger partial charge in [0.15, 0.2) is 5.78 Å². The number of benzene rings is 1. The summed E-state index contributed by atoms with van der Waals surface area (Å²) in [6, 6.07) is 7.32. The lowest BCUT2D eigenvalue weighted by Gasteiger charge is -2.44. The zero-order valence-electron chi connectivity index (χ0n) is 12.0. The van der Waals surface area contributed by atoms with E-state index in [0.717, 1.165) is 11.0 Å². The van der Waals surface area contributed by atoms with Gasteiger partial charge in [-0.1, -0.05) is 28.1 Å². The van der Waals surface area contributed by atoms with Crippen molar-refractivity contribution < 1.29 is 9.59 Å². The van der Waals surface area contributed by atoms with Gasteiger partial charge in [0.2, 0.25) is 5.91 Å². The normalized spacial score (nSPS) is 19.2. The number of ketones is 1. The maximum atomic E-state index is 12.3. The second kappa shape index (κ2) is 5.66. The molecule has 5 heteroatoms. The molecule has 0 bridgehead atoms. The molecule has 0 atom stereocenters. The fourth-order valence-electron chi connectivity index (χ4n) is 2.43. The van der Waals surface area contributed by atoms with E-state index in [-0.39, 0.29) is 18.2 Å². The van der Waals surface area contributed by atoms with Crippen molar-refractivity contribution in [2.75, 3.05) is 26.7 Å². The zero-order valence-corrected chi connectivity index (χ0v) is 13.6. The average molecular weight is 339 g/mol. The molecule has 2 rings (SSSR count). The number of likely N-dealkylation sites (N-methyl/N-ethyl adjacent to an activating group) is 1. The van der Waals surface area contributed by atoms with Crippen LogP contribution in [0.3, 0.4) is 0 Å². The highest BCUT2D eigenvalue weighted by atomic mass is 79.9. The number of Topliss-reactive ketones (excluding diaryl/α,β-unsaturated/α-hetero) is 1. The van der Waals surface area contributed by atoms with Gasteiger partial charge in [0.1, 0.15) is 0 Å². The molecular formula is C15H19BrN2O2. The third kappa shape index (κ3) is 2.94. The van der Waals surface area contributed by atoms with Crippen molar-refractivity contribution in [3.05, 3.63) is 34.3 Å². The molecule has 0 spiro atoms. The number of amides is 1. The summed E-state index contributed by atoms with van der Waals surface area (Å²) in [5.41, 5.74) is 0.0493. The maximum Gasteiger partial charge on any atom is 0.242 e. The Morgan fingerprint density at radius 1 is 1.25 bits per heavy atom. The molecule has 1 aliphatic heterocycles. The molecule has 0 aliphatic carbocycles. The lowest BCUT2D eigenvalue weighted by Crippen LogP contribution is -2.62. The number of piperazine rings is 1. The van der Waals surface area contributed by atoms with Crippen molar-refractivity contribution in [3.63, 3.8) is 0 Å². The summed E-state index contributed by atoms with van der Waals surface area (Å²) < 4.78 is 0.948. The van der Waals surface area contributed by atoms with Gasteiger partial charge in [-0.15, -0.1) is 0 Å². The number of rotatable bonds is 3. The Morgan fingerprint density at radius 3 is 2.45 bits per heavy atom. The van der Waals surface area contributed by atoms with Crippen molar-refractivity contribution in [1.82, 2.24) is 9.80 Å². The first-order valence-corrected chi connectivity index (χ1v) is 7.41. The number of nitrogens with zero attached hydrogens (tertiary/aromatic N) is 2. The first kappa shape index (κ1) is 15.2. The Balaban J connectivity index is 2.11. The van der Waals surface area contributed by atoms with Crippen LogP contribution in [-0.2, 0) is 4.79 Å². The number of hydrogen-bond donors (Lipinski definition) is 0. The summed E-state index contributed by atoms with van der Waals surface area (Å²) in [4.78, 5) is 28.2. The minimum Gasteiger partial charge on any atom is -0.343 e. The van der Waals surface area contributed by atoms with Crippen molar-refractivity contribution >= 4 is 27.6 Å². The van der Waals surface area contributed by atoms with Crippen LogP contribution in [0.25, 0.3) is 0 Å². The van der Waals surface area contributed by atoms with Gasteiger partial charge in [0.05, 0.1) is 12.1 Å². The molecule has 1 fully saturated rings. The Bertz CT molecular complexity index is 525. The first-order chi connectivity index (χ1) is 9.32. The monoisotopic (exact) mass is 338 g/mol. The van der Waals surface area contributed by atoms with E-state index in [4.69, 9.17) is 0 Å². The number of carbonyl (C=O) groups is 2. The van der Waals surface area contributed by atoms with Crippen LogP contribution in [0.4, 0.5) is 0 Å². The molecule has 4 nitrogen and oxygen atoms in total. The van der Waals surface area contributed by atoms with E-state index in [1.54, 1.807) is 24.1 Å². The molecule has 0 radical (unpaired) electrons. The van der Waals surface area contributed by atoms with E-state index in [1.807, 2.05) is 30.9 Å². The summed E-state index contributed by atoms with van der Waals surface area (Å²) >= 11 is 3.35. The fourth-order valence-corrected chi connectivity index (χ4v) is 2.70. The van der Waals surface area contributed by atoms with Gasteiger partial charge in [-0.05, 0) is 26.0 Å². The Hall–Kier alpha value is -1.20. The van der Waals surface area contributed by atoms with Crippen molar-refractivity contribution in [1.29, 1.82) is 0 Å². The Kier molecular flexibility index (Phi) is 4.30. The SMILES string of the molecule is CN1CCN(CC(=O)c2ccc(Br)cc2)C(C)(C)C1=O. The third-order valence-corrected chi connectivity index (χ3v) is 4.40. The topological polar surface area (TPSA) is 40.6 Å². The molecule has 20 heavy (non-hydrogen) atoms. The number of halogens is 1. The molecule has 1 heterocycles. The van der Waals surface area contributed by atoms with Crippen LogP contribution in [-0.4, -0.2) is 53.7 Å². The highest BCUT2D eigenvalue weighted by Gasteiger charge is 2.40. The lowest BCUT2D eigenvalue weighted by molar-refractivity contribution is -0.146. The molecule has 108 valence electrons. The predicted molar refractivity (Wildman–Crippen MR) is 81.8 cm³/mol. The smallest absolute Gasteiger partial charge is 0.242 e. The second-order valence-corrected chi connectivity index (χ2v) is 6.55. The molecular weight excluding hydrogens is 320 g/mol. The van der Waals surface area contributed by atoms with Gasteiger partial charge in [0, 0.05) is 30.2 Å². The highest BCUT2D eigenvalue weighted by molar-refractivity contribution is 9.10. The molecule has 1 amide bonds. The predicted octanol–water partition coefficient (Wildman–Crippen LogP) is 2.18. The fraction of sp³-hybridized carbons (Fsp3) is 0.467. The minimum atomic E-state index is -0.627. The minimum absolute atomic E-state index is 0.0444. The number of carbonyl (C=O) groups excluding carboxylic acids is 2. The van der Waals surface area contributed by atoms with Gasteiger partial charge >= 0.3 is 0 Å². The standard InChI is InChI=1S/C15H19BrN2O2/c1-15(2)14(20)17(3)8-9-18(15)10-13(19)11-4-6-12(16)7-5-11/h4-7H,8-10H2,1-3H3. The van der Waals surface area contributed by atoms with Crippen LogP contribution in [0, 0.1) is 0 Å². The van der Waals surface area contributed by atoms with Gasteiger partial charge in [0.25, 0.3) is 0 Å². The van der Waals surface area contributed by atoms with E-state index in [2.05, 4.69) is 15.9 Å². The van der Waals surface area contributed by atoms with Crippen LogP contribution >= 0.6 is 15.9 Å². The van der Waals surface area contributed by atoms with Crippen LogP contribution in [0.2, 0.25) is 0 Å². The highest BCUT2D eigenvalue weighted by Crippen LogP contribution is 2.22. The maximum absolute atomic E-state index is 12.3. The molecule has 0 saturated carbocycles. The van der Waals surface area contributed by atoms with Crippen LogP contribution in [0.15, 0.2) is 28.7 Å². The van der Waals surface area contributed by atoms with Crippen LogP contribution in [0.5, 0.6) is 0 Å². The summed E-state index contributed by atoms with van der Waals surface area (Å²) in [7, 11) is 1.80. The van der Waals surface area contributed by atoms with E-state index < -0.39 is 5.54 Å². The Labute approximate surface area is 127 Å². The largest absolute Gasteiger partial charge is 0.343 e. The van der Waals surface area contributed by atoms with E-state index in [9.17, 15) is 9.59 Å². The molecule has 1 saturated heterocycles. The second-order valence-electron chi connectivity index (χ2n) is 5.64. The molecule has 0 unspecified atom stereocenters. The summed E-state index contributed by atoms with van der Waals surface area (Å²) in [6.07, 6.45) is 0.